The van der Waals surface area contributed by atoms with E-state index in [1.807, 2.05) is 36.1 Å². The van der Waals surface area contributed by atoms with Crippen molar-refractivity contribution in [1.29, 1.82) is 0 Å². The van der Waals surface area contributed by atoms with Gasteiger partial charge in [0, 0.05) is 57.0 Å². The normalized spacial score (nSPS) is 15.7. The van der Waals surface area contributed by atoms with Gasteiger partial charge < -0.3 is 14.4 Å². The van der Waals surface area contributed by atoms with E-state index >= 15 is 0 Å². The molecule has 1 N–H and O–H groups in total. The number of rotatable bonds is 4. The van der Waals surface area contributed by atoms with Crippen LogP contribution in [0, 0.1) is 0 Å². The molecule has 0 bridgehead atoms. The minimum Gasteiger partial charge on any atom is -0.368 e. The van der Waals surface area contributed by atoms with E-state index in [-0.39, 0.29) is 0 Å². The predicted molar refractivity (Wildman–Crippen MR) is 92.5 cm³/mol. The van der Waals surface area contributed by atoms with Crippen molar-refractivity contribution in [2.45, 2.75) is 0 Å². The van der Waals surface area contributed by atoms with Crippen LogP contribution >= 0.6 is 0 Å². The number of sulfonamides is 1. The van der Waals surface area contributed by atoms with E-state index in [2.05, 4.69) is 19.5 Å². The molecule has 7 nitrogen and oxygen atoms in total. The van der Waals surface area contributed by atoms with Crippen molar-refractivity contribution in [3.8, 4) is 0 Å². The van der Waals surface area contributed by atoms with Crippen molar-refractivity contribution in [3.63, 3.8) is 0 Å². The van der Waals surface area contributed by atoms with Gasteiger partial charge in [-0.3, -0.25) is 4.72 Å². The molecule has 0 saturated carbocycles. The Balaban J connectivity index is 1.62. The number of nitrogens with zero attached hydrogens (tertiary/aromatic N) is 4. The summed E-state index contributed by atoms with van der Waals surface area (Å²) >= 11 is 0. The molecule has 0 atom stereocenters. The fourth-order valence-corrected chi connectivity index (χ4v) is 3.35. The summed E-state index contributed by atoms with van der Waals surface area (Å²) in [5.41, 5.74) is 1.69. The third-order valence-corrected chi connectivity index (χ3v) is 4.50. The summed E-state index contributed by atoms with van der Waals surface area (Å²) in [7, 11) is -1.23. The van der Waals surface area contributed by atoms with Gasteiger partial charge in [-0.25, -0.2) is 13.4 Å². The third kappa shape index (κ3) is 3.76. The van der Waals surface area contributed by atoms with Gasteiger partial charge in [-0.2, -0.15) is 0 Å². The largest absolute Gasteiger partial charge is 0.368 e. The van der Waals surface area contributed by atoms with Crippen molar-refractivity contribution < 1.29 is 8.42 Å². The zero-order valence-corrected chi connectivity index (χ0v) is 14.1. The fraction of sp³-hybridized carbons (Fsp3) is 0.400. The number of aromatic nitrogens is 2. The average molecular weight is 335 g/mol. The van der Waals surface area contributed by atoms with E-state index in [0.717, 1.165) is 44.1 Å². The number of benzene rings is 1. The van der Waals surface area contributed by atoms with Crippen LogP contribution in [-0.2, 0) is 17.1 Å². The lowest BCUT2D eigenvalue weighted by molar-refractivity contribution is 0.607. The van der Waals surface area contributed by atoms with Crippen LogP contribution in [0.4, 0.5) is 17.3 Å². The number of imidazole rings is 1. The first-order valence-corrected chi connectivity index (χ1v) is 9.36. The van der Waals surface area contributed by atoms with Gasteiger partial charge in [-0.15, -0.1) is 0 Å². The highest BCUT2D eigenvalue weighted by atomic mass is 32.2. The van der Waals surface area contributed by atoms with Crippen LogP contribution in [0.25, 0.3) is 0 Å². The second kappa shape index (κ2) is 6.11. The summed E-state index contributed by atoms with van der Waals surface area (Å²) in [6.07, 6.45) is 4.92. The first-order valence-electron chi connectivity index (χ1n) is 7.47. The Labute approximate surface area is 136 Å². The number of hydrogen-bond donors (Lipinski definition) is 1. The number of nitrogens with one attached hydrogen (secondary N) is 1. The number of piperazine rings is 1. The van der Waals surface area contributed by atoms with Gasteiger partial charge in [-0.1, -0.05) is 0 Å². The van der Waals surface area contributed by atoms with Crippen LogP contribution in [-0.4, -0.2) is 50.4 Å². The molecule has 1 aliphatic rings. The Bertz CT molecular complexity index is 761. The van der Waals surface area contributed by atoms with E-state index in [9.17, 15) is 8.42 Å². The summed E-state index contributed by atoms with van der Waals surface area (Å²) in [5.74, 6) is 0.998. The fourth-order valence-electron chi connectivity index (χ4n) is 2.78. The number of hydrogen-bond acceptors (Lipinski definition) is 5. The lowest BCUT2D eigenvalue weighted by Crippen LogP contribution is -2.47. The van der Waals surface area contributed by atoms with E-state index in [0.29, 0.717) is 5.69 Å². The summed E-state index contributed by atoms with van der Waals surface area (Å²) in [6.45, 7) is 3.64. The highest BCUT2D eigenvalue weighted by molar-refractivity contribution is 7.92. The topological polar surface area (TPSA) is 70.5 Å². The monoisotopic (exact) mass is 335 g/mol. The lowest BCUT2D eigenvalue weighted by atomic mass is 10.2. The number of anilines is 3. The molecule has 0 radical (unpaired) electrons. The number of aryl methyl sites for hydroxylation is 1. The molecular weight excluding hydrogens is 314 g/mol. The molecule has 1 saturated heterocycles. The molecule has 1 aromatic carbocycles. The minimum atomic E-state index is -3.23. The first-order chi connectivity index (χ1) is 10.9. The van der Waals surface area contributed by atoms with Crippen molar-refractivity contribution in [2.24, 2.45) is 7.05 Å². The van der Waals surface area contributed by atoms with Crippen LogP contribution in [0.2, 0.25) is 0 Å². The Morgan fingerprint density at radius 3 is 2.17 bits per heavy atom. The van der Waals surface area contributed by atoms with Crippen molar-refractivity contribution in [2.75, 3.05) is 47.0 Å². The molecule has 1 fully saturated rings. The molecule has 1 aromatic heterocycles. The van der Waals surface area contributed by atoms with E-state index in [1.54, 1.807) is 12.1 Å². The molecule has 23 heavy (non-hydrogen) atoms. The van der Waals surface area contributed by atoms with E-state index < -0.39 is 10.0 Å². The Morgan fingerprint density at radius 2 is 1.65 bits per heavy atom. The first kappa shape index (κ1) is 15.7. The van der Waals surface area contributed by atoms with Crippen molar-refractivity contribution in [1.82, 2.24) is 9.55 Å². The molecule has 8 heteroatoms. The Morgan fingerprint density at radius 1 is 1.04 bits per heavy atom. The van der Waals surface area contributed by atoms with Gasteiger partial charge in [0.1, 0.15) is 0 Å². The molecule has 2 aromatic rings. The molecule has 124 valence electrons. The highest BCUT2D eigenvalue weighted by Gasteiger charge is 2.19. The van der Waals surface area contributed by atoms with Gasteiger partial charge in [0.05, 0.1) is 6.26 Å². The quantitative estimate of drug-likeness (QED) is 0.907. The third-order valence-electron chi connectivity index (χ3n) is 3.89. The molecule has 0 spiro atoms. The maximum atomic E-state index is 11.2. The molecule has 3 rings (SSSR count). The Hall–Kier alpha value is -2.22. The average Bonchev–Trinajstić information content (AvgIpc) is 2.93. The van der Waals surface area contributed by atoms with Crippen LogP contribution in [0.1, 0.15) is 0 Å². The van der Waals surface area contributed by atoms with Gasteiger partial charge in [0.2, 0.25) is 16.0 Å². The van der Waals surface area contributed by atoms with Gasteiger partial charge >= 0.3 is 0 Å². The Kier molecular flexibility index (Phi) is 4.16. The van der Waals surface area contributed by atoms with Crippen LogP contribution in [0.5, 0.6) is 0 Å². The summed E-state index contributed by atoms with van der Waals surface area (Å²) in [6, 6.07) is 7.48. The van der Waals surface area contributed by atoms with E-state index in [4.69, 9.17) is 0 Å². The highest BCUT2D eigenvalue weighted by Crippen LogP contribution is 2.21. The molecule has 2 heterocycles. The van der Waals surface area contributed by atoms with Crippen LogP contribution in [0.3, 0.4) is 0 Å². The molecule has 0 amide bonds. The minimum absolute atomic E-state index is 0.586. The van der Waals surface area contributed by atoms with E-state index in [1.165, 1.54) is 0 Å². The predicted octanol–water partition coefficient (Wildman–Crippen LogP) is 1.12. The molecular formula is C15H21N5O2S. The summed E-state index contributed by atoms with van der Waals surface area (Å²) in [5, 5.41) is 0. The second-order valence-corrected chi connectivity index (χ2v) is 7.48. The van der Waals surface area contributed by atoms with Gasteiger partial charge in [-0.05, 0) is 24.3 Å². The van der Waals surface area contributed by atoms with Crippen LogP contribution in [0.15, 0.2) is 36.7 Å². The van der Waals surface area contributed by atoms with Crippen LogP contribution < -0.4 is 14.5 Å². The van der Waals surface area contributed by atoms with Gasteiger partial charge in [0.15, 0.2) is 0 Å². The molecule has 0 aliphatic carbocycles. The lowest BCUT2D eigenvalue weighted by Gasteiger charge is -2.36. The van der Waals surface area contributed by atoms with Crippen molar-refractivity contribution >= 4 is 27.3 Å². The standard InChI is InChI=1S/C15H21N5O2S/c1-18-8-7-16-15(18)20-11-9-19(10-12-20)14-5-3-13(4-6-14)17-23(2,21)22/h3-8,17H,9-12H2,1-2H3. The summed E-state index contributed by atoms with van der Waals surface area (Å²) < 4.78 is 27.0. The van der Waals surface area contributed by atoms with Gasteiger partial charge in [0.25, 0.3) is 0 Å². The maximum Gasteiger partial charge on any atom is 0.229 e. The zero-order chi connectivity index (χ0) is 16.4. The molecule has 1 aliphatic heterocycles. The smallest absolute Gasteiger partial charge is 0.229 e. The van der Waals surface area contributed by atoms with Crippen molar-refractivity contribution in [3.05, 3.63) is 36.7 Å². The molecule has 0 unspecified atom stereocenters. The maximum absolute atomic E-state index is 11.2. The second-order valence-electron chi connectivity index (χ2n) is 5.73. The SMILES string of the molecule is Cn1ccnc1N1CCN(c2ccc(NS(C)(=O)=O)cc2)CC1. The summed E-state index contributed by atoms with van der Waals surface area (Å²) in [4.78, 5) is 8.96. The zero-order valence-electron chi connectivity index (χ0n) is 13.3.